The summed E-state index contributed by atoms with van der Waals surface area (Å²) in [6.07, 6.45) is 1.03. The second-order valence-corrected chi connectivity index (χ2v) is 6.10. The van der Waals surface area contributed by atoms with Crippen molar-refractivity contribution in [3.05, 3.63) is 59.7 Å². The van der Waals surface area contributed by atoms with Crippen molar-refractivity contribution in [1.29, 1.82) is 0 Å². The maximum Gasteiger partial charge on any atom is 0.126 e. The molecule has 1 atom stereocenters. The van der Waals surface area contributed by atoms with E-state index in [0.29, 0.717) is 11.8 Å². The molecule has 110 valence electrons. The maximum atomic E-state index is 5.96. The first-order chi connectivity index (χ1) is 10.2. The normalized spacial score (nSPS) is 17.2. The molecule has 0 aromatic heterocycles. The average molecular weight is 282 g/mol. The summed E-state index contributed by atoms with van der Waals surface area (Å²) in [6, 6.07) is 16.8. The minimum absolute atomic E-state index is 0.445. The van der Waals surface area contributed by atoms with Crippen LogP contribution in [-0.4, -0.2) is 13.2 Å². The van der Waals surface area contributed by atoms with E-state index in [0.717, 1.165) is 31.1 Å². The molecule has 2 aromatic carbocycles. The Balaban J connectivity index is 1.72. The first kappa shape index (κ1) is 14.0. The van der Waals surface area contributed by atoms with Crippen LogP contribution in [0.1, 0.15) is 30.9 Å². The summed E-state index contributed by atoms with van der Waals surface area (Å²) in [4.78, 5) is 0. The Morgan fingerprint density at radius 2 is 1.95 bits per heavy atom. The molecule has 0 aliphatic carbocycles. The molecule has 0 spiro atoms. The molecule has 1 aliphatic heterocycles. The minimum atomic E-state index is 0.445. The number of rotatable bonds is 4. The van der Waals surface area contributed by atoms with E-state index in [9.17, 15) is 0 Å². The fourth-order valence-corrected chi connectivity index (χ4v) is 2.64. The van der Waals surface area contributed by atoms with Gasteiger partial charge in [-0.25, -0.2) is 0 Å². The molecule has 0 saturated heterocycles. The van der Waals surface area contributed by atoms with Gasteiger partial charge in [-0.2, -0.15) is 0 Å². The van der Waals surface area contributed by atoms with Crippen molar-refractivity contribution in [2.75, 3.05) is 13.2 Å². The van der Waals surface area contributed by atoms with Gasteiger partial charge in [0.15, 0.2) is 0 Å². The molecule has 3 rings (SSSR count). The highest BCUT2D eigenvalue weighted by Gasteiger charge is 2.21. The van der Waals surface area contributed by atoms with Crippen molar-refractivity contribution >= 4 is 0 Å². The topological polar surface area (TPSA) is 18.5 Å². The number of hydrogen-bond acceptors (Lipinski definition) is 2. The summed E-state index contributed by atoms with van der Waals surface area (Å²) < 4.78 is 11.7. The zero-order chi connectivity index (χ0) is 14.7. The predicted molar refractivity (Wildman–Crippen MR) is 85.2 cm³/mol. The van der Waals surface area contributed by atoms with Gasteiger partial charge in [-0.3, -0.25) is 0 Å². The van der Waals surface area contributed by atoms with E-state index in [1.807, 2.05) is 6.07 Å². The molecule has 1 heterocycles. The van der Waals surface area contributed by atoms with Crippen LogP contribution in [0.25, 0.3) is 0 Å². The van der Waals surface area contributed by atoms with E-state index >= 15 is 0 Å². The summed E-state index contributed by atoms with van der Waals surface area (Å²) in [5.74, 6) is 2.86. The smallest absolute Gasteiger partial charge is 0.126 e. The zero-order valence-electron chi connectivity index (χ0n) is 12.7. The molecule has 0 saturated carbocycles. The Morgan fingerprint density at radius 3 is 2.71 bits per heavy atom. The van der Waals surface area contributed by atoms with Gasteiger partial charge in [-0.1, -0.05) is 50.2 Å². The fraction of sp³-hybridized carbons (Fsp3) is 0.368. The monoisotopic (exact) mass is 282 g/mol. The van der Waals surface area contributed by atoms with Crippen LogP contribution in [0.5, 0.6) is 11.5 Å². The minimum Gasteiger partial charge on any atom is -0.493 e. The molecule has 2 nitrogen and oxygen atoms in total. The molecular formula is C19H22O2. The third-order valence-corrected chi connectivity index (χ3v) is 3.80. The molecule has 0 bridgehead atoms. The Labute approximate surface area is 126 Å². The molecule has 0 N–H and O–H groups in total. The summed E-state index contributed by atoms with van der Waals surface area (Å²) in [6.45, 7) is 5.79. The Morgan fingerprint density at radius 1 is 1.14 bits per heavy atom. The Hall–Kier alpha value is -1.96. The summed E-state index contributed by atoms with van der Waals surface area (Å²) in [7, 11) is 0. The van der Waals surface area contributed by atoms with Gasteiger partial charge in [0.25, 0.3) is 0 Å². The van der Waals surface area contributed by atoms with Crippen molar-refractivity contribution in [3.63, 3.8) is 0 Å². The van der Waals surface area contributed by atoms with Gasteiger partial charge in [0.05, 0.1) is 13.2 Å². The third-order valence-electron chi connectivity index (χ3n) is 3.80. The van der Waals surface area contributed by atoms with Crippen molar-refractivity contribution < 1.29 is 9.47 Å². The largest absolute Gasteiger partial charge is 0.493 e. The highest BCUT2D eigenvalue weighted by Crippen LogP contribution is 2.34. The first-order valence-electron chi connectivity index (χ1n) is 7.66. The maximum absolute atomic E-state index is 5.96. The molecule has 2 aromatic rings. The standard InChI is InChI=1S/C19H22O2/c1-14(2)12-20-18-9-8-16-10-17(13-21-19(16)11-18)15-6-4-3-5-7-15/h3-9,11,14,17H,10,12-13H2,1-2H3. The van der Waals surface area contributed by atoms with Crippen molar-refractivity contribution in [2.45, 2.75) is 26.2 Å². The molecule has 21 heavy (non-hydrogen) atoms. The summed E-state index contributed by atoms with van der Waals surface area (Å²) in [5, 5.41) is 0. The van der Waals surface area contributed by atoms with Crippen LogP contribution in [0.4, 0.5) is 0 Å². The number of fused-ring (bicyclic) bond motifs is 1. The average Bonchev–Trinajstić information content (AvgIpc) is 2.53. The molecule has 0 fully saturated rings. The Bertz CT molecular complexity index is 590. The lowest BCUT2D eigenvalue weighted by atomic mass is 9.90. The van der Waals surface area contributed by atoms with Crippen LogP contribution in [-0.2, 0) is 6.42 Å². The van der Waals surface area contributed by atoms with Crippen LogP contribution in [0, 0.1) is 5.92 Å². The van der Waals surface area contributed by atoms with Crippen molar-refractivity contribution in [3.8, 4) is 11.5 Å². The van der Waals surface area contributed by atoms with Gasteiger partial charge < -0.3 is 9.47 Å². The Kier molecular flexibility index (Phi) is 4.14. The highest BCUT2D eigenvalue weighted by atomic mass is 16.5. The van der Waals surface area contributed by atoms with Gasteiger partial charge in [-0.15, -0.1) is 0 Å². The van der Waals surface area contributed by atoms with Gasteiger partial charge in [0.2, 0.25) is 0 Å². The molecular weight excluding hydrogens is 260 g/mol. The van der Waals surface area contributed by atoms with Crippen LogP contribution in [0.2, 0.25) is 0 Å². The van der Waals surface area contributed by atoms with Crippen LogP contribution >= 0.6 is 0 Å². The molecule has 0 amide bonds. The van der Waals surface area contributed by atoms with Gasteiger partial charge in [-0.05, 0) is 29.5 Å². The van der Waals surface area contributed by atoms with E-state index in [1.165, 1.54) is 11.1 Å². The quantitative estimate of drug-likeness (QED) is 0.825. The lowest BCUT2D eigenvalue weighted by Gasteiger charge is -2.26. The number of ether oxygens (including phenoxy) is 2. The number of benzene rings is 2. The number of hydrogen-bond donors (Lipinski definition) is 0. The lowest BCUT2D eigenvalue weighted by molar-refractivity contribution is 0.251. The summed E-state index contributed by atoms with van der Waals surface area (Å²) >= 11 is 0. The molecule has 1 aliphatic rings. The van der Waals surface area contributed by atoms with E-state index in [4.69, 9.17) is 9.47 Å². The van der Waals surface area contributed by atoms with E-state index in [1.54, 1.807) is 0 Å². The van der Waals surface area contributed by atoms with Crippen LogP contribution in [0.15, 0.2) is 48.5 Å². The zero-order valence-corrected chi connectivity index (χ0v) is 12.7. The van der Waals surface area contributed by atoms with Crippen LogP contribution < -0.4 is 9.47 Å². The SMILES string of the molecule is CC(C)COc1ccc2c(c1)OCC(c1ccccc1)C2. The van der Waals surface area contributed by atoms with Gasteiger partial charge >= 0.3 is 0 Å². The molecule has 2 heteroatoms. The second-order valence-electron chi connectivity index (χ2n) is 6.10. The second kappa shape index (κ2) is 6.21. The van der Waals surface area contributed by atoms with Crippen molar-refractivity contribution in [1.82, 2.24) is 0 Å². The van der Waals surface area contributed by atoms with Gasteiger partial charge in [0, 0.05) is 12.0 Å². The van der Waals surface area contributed by atoms with E-state index in [2.05, 4.69) is 56.3 Å². The first-order valence-corrected chi connectivity index (χ1v) is 7.66. The van der Waals surface area contributed by atoms with Gasteiger partial charge in [0.1, 0.15) is 11.5 Å². The highest BCUT2D eigenvalue weighted by molar-refractivity contribution is 5.43. The third kappa shape index (κ3) is 3.38. The lowest BCUT2D eigenvalue weighted by Crippen LogP contribution is -2.19. The predicted octanol–water partition coefficient (Wildman–Crippen LogP) is 4.44. The van der Waals surface area contributed by atoms with Crippen molar-refractivity contribution in [2.24, 2.45) is 5.92 Å². The molecule has 1 unspecified atom stereocenters. The van der Waals surface area contributed by atoms with E-state index < -0.39 is 0 Å². The van der Waals surface area contributed by atoms with E-state index in [-0.39, 0.29) is 0 Å². The fourth-order valence-electron chi connectivity index (χ4n) is 2.64. The van der Waals surface area contributed by atoms with Crippen LogP contribution in [0.3, 0.4) is 0 Å². The molecule has 0 radical (unpaired) electrons. The summed E-state index contributed by atoms with van der Waals surface area (Å²) in [5.41, 5.74) is 2.62.